The van der Waals surface area contributed by atoms with Crippen molar-refractivity contribution >= 4 is 5.91 Å². The monoisotopic (exact) mass is 304 g/mol. The SMILES string of the molecule is O=C(CCNCc1ccc(F)c(C(F)(F)F)c1)NC1CC1. The van der Waals surface area contributed by atoms with E-state index < -0.39 is 17.6 Å². The van der Waals surface area contributed by atoms with Gasteiger partial charge in [0.05, 0.1) is 5.56 Å². The number of carbonyl (C=O) groups is 1. The van der Waals surface area contributed by atoms with Crippen molar-refractivity contribution < 1.29 is 22.4 Å². The van der Waals surface area contributed by atoms with Crippen molar-refractivity contribution in [3.05, 3.63) is 35.1 Å². The maximum atomic E-state index is 13.1. The molecule has 1 aromatic carbocycles. The van der Waals surface area contributed by atoms with Gasteiger partial charge in [-0.1, -0.05) is 6.07 Å². The molecule has 1 aliphatic carbocycles. The van der Waals surface area contributed by atoms with Gasteiger partial charge in [0, 0.05) is 25.6 Å². The lowest BCUT2D eigenvalue weighted by molar-refractivity contribution is -0.140. The van der Waals surface area contributed by atoms with Gasteiger partial charge in [-0.3, -0.25) is 4.79 Å². The first-order chi connectivity index (χ1) is 9.86. The lowest BCUT2D eigenvalue weighted by atomic mass is 10.1. The van der Waals surface area contributed by atoms with Crippen molar-refractivity contribution in [3.63, 3.8) is 0 Å². The van der Waals surface area contributed by atoms with E-state index in [9.17, 15) is 22.4 Å². The molecule has 0 bridgehead atoms. The fourth-order valence-electron chi connectivity index (χ4n) is 1.86. The summed E-state index contributed by atoms with van der Waals surface area (Å²) in [6.07, 6.45) is -2.42. The Hall–Kier alpha value is -1.63. The van der Waals surface area contributed by atoms with Crippen molar-refractivity contribution in [2.45, 2.75) is 38.0 Å². The number of alkyl halides is 3. The maximum Gasteiger partial charge on any atom is 0.419 e. The Kier molecular flexibility index (Phi) is 4.82. The predicted octanol–water partition coefficient (Wildman–Crippen LogP) is 2.60. The molecule has 0 atom stereocenters. The summed E-state index contributed by atoms with van der Waals surface area (Å²) in [5.74, 6) is -1.35. The van der Waals surface area contributed by atoms with Crippen LogP contribution in [0.25, 0.3) is 0 Å². The third kappa shape index (κ3) is 5.00. The summed E-state index contributed by atoms with van der Waals surface area (Å²) in [6, 6.07) is 3.18. The Bertz CT molecular complexity index is 512. The van der Waals surface area contributed by atoms with E-state index in [1.807, 2.05) is 0 Å². The Balaban J connectivity index is 1.78. The van der Waals surface area contributed by atoms with Crippen LogP contribution in [0.15, 0.2) is 18.2 Å². The number of nitrogens with one attached hydrogen (secondary N) is 2. The third-order valence-corrected chi connectivity index (χ3v) is 3.14. The molecule has 0 radical (unpaired) electrons. The summed E-state index contributed by atoms with van der Waals surface area (Å²) in [5.41, 5.74) is -0.945. The minimum Gasteiger partial charge on any atom is -0.353 e. The van der Waals surface area contributed by atoms with Gasteiger partial charge in [0.2, 0.25) is 5.91 Å². The highest BCUT2D eigenvalue weighted by Gasteiger charge is 2.34. The van der Waals surface area contributed by atoms with Gasteiger partial charge in [0.1, 0.15) is 5.82 Å². The first-order valence-corrected chi connectivity index (χ1v) is 6.72. The summed E-state index contributed by atoms with van der Waals surface area (Å²) >= 11 is 0. The topological polar surface area (TPSA) is 41.1 Å². The molecule has 116 valence electrons. The van der Waals surface area contributed by atoms with Gasteiger partial charge in [0.15, 0.2) is 0 Å². The van der Waals surface area contributed by atoms with E-state index in [0.29, 0.717) is 18.2 Å². The van der Waals surface area contributed by atoms with Crippen LogP contribution < -0.4 is 10.6 Å². The number of hydrogen-bond donors (Lipinski definition) is 2. The van der Waals surface area contributed by atoms with Crippen LogP contribution in [0.1, 0.15) is 30.4 Å². The summed E-state index contributed by atoms with van der Waals surface area (Å²) in [6.45, 7) is 0.511. The largest absolute Gasteiger partial charge is 0.419 e. The van der Waals surface area contributed by atoms with Gasteiger partial charge in [0.25, 0.3) is 0 Å². The van der Waals surface area contributed by atoms with Gasteiger partial charge in [-0.2, -0.15) is 13.2 Å². The van der Waals surface area contributed by atoms with Crippen LogP contribution in [0.3, 0.4) is 0 Å². The second kappa shape index (κ2) is 6.43. The lowest BCUT2D eigenvalue weighted by Crippen LogP contribution is -2.29. The second-order valence-corrected chi connectivity index (χ2v) is 5.08. The fourth-order valence-corrected chi connectivity index (χ4v) is 1.86. The molecule has 0 unspecified atom stereocenters. The first-order valence-electron chi connectivity index (χ1n) is 6.72. The molecule has 1 aliphatic rings. The quantitative estimate of drug-likeness (QED) is 0.626. The molecule has 0 aromatic heterocycles. The normalized spacial score (nSPS) is 15.0. The maximum absolute atomic E-state index is 13.1. The van der Waals surface area contributed by atoms with Crippen LogP contribution in [0.5, 0.6) is 0 Å². The second-order valence-electron chi connectivity index (χ2n) is 5.08. The number of benzene rings is 1. The van der Waals surface area contributed by atoms with E-state index >= 15 is 0 Å². The molecular weight excluding hydrogens is 288 g/mol. The molecule has 1 aromatic rings. The summed E-state index contributed by atoms with van der Waals surface area (Å²) in [4.78, 5) is 11.4. The van der Waals surface area contributed by atoms with Crippen LogP contribution in [0.2, 0.25) is 0 Å². The van der Waals surface area contributed by atoms with Crippen LogP contribution in [0.4, 0.5) is 17.6 Å². The van der Waals surface area contributed by atoms with Crippen LogP contribution in [-0.4, -0.2) is 18.5 Å². The number of halogens is 4. The van der Waals surface area contributed by atoms with Crippen molar-refractivity contribution in [1.29, 1.82) is 0 Å². The molecule has 21 heavy (non-hydrogen) atoms. The number of amides is 1. The van der Waals surface area contributed by atoms with Crippen LogP contribution in [0, 0.1) is 5.82 Å². The molecule has 7 heteroatoms. The molecule has 1 amide bonds. The summed E-state index contributed by atoms with van der Waals surface area (Å²) in [5, 5.41) is 5.69. The third-order valence-electron chi connectivity index (χ3n) is 3.14. The molecule has 0 aliphatic heterocycles. The van der Waals surface area contributed by atoms with Gasteiger partial charge >= 0.3 is 6.18 Å². The van der Waals surface area contributed by atoms with Crippen molar-refractivity contribution in [2.24, 2.45) is 0 Å². The number of rotatable bonds is 6. The number of carbonyl (C=O) groups excluding carboxylic acids is 1. The molecule has 2 N–H and O–H groups in total. The highest BCUT2D eigenvalue weighted by Crippen LogP contribution is 2.31. The van der Waals surface area contributed by atoms with E-state index in [0.717, 1.165) is 25.0 Å². The minimum atomic E-state index is -4.70. The first kappa shape index (κ1) is 15.8. The summed E-state index contributed by atoms with van der Waals surface area (Å²) < 4.78 is 50.7. The van der Waals surface area contributed by atoms with Crippen LogP contribution in [-0.2, 0) is 17.5 Å². The van der Waals surface area contributed by atoms with Crippen molar-refractivity contribution in [3.8, 4) is 0 Å². The minimum absolute atomic E-state index is 0.0694. The molecule has 0 spiro atoms. The van der Waals surface area contributed by atoms with Gasteiger partial charge in [-0.25, -0.2) is 4.39 Å². The highest BCUT2D eigenvalue weighted by atomic mass is 19.4. The van der Waals surface area contributed by atoms with Gasteiger partial charge in [-0.05, 0) is 30.5 Å². The van der Waals surface area contributed by atoms with E-state index in [4.69, 9.17) is 0 Å². The average Bonchev–Trinajstić information content (AvgIpc) is 3.19. The Labute approximate surface area is 119 Å². The smallest absolute Gasteiger partial charge is 0.353 e. The standard InChI is InChI=1S/C14H16F4N2O/c15-12-4-1-9(7-11(12)14(16,17)18)8-19-6-5-13(21)20-10-2-3-10/h1,4,7,10,19H,2-3,5-6,8H2,(H,20,21). The molecule has 2 rings (SSSR count). The zero-order chi connectivity index (χ0) is 15.5. The zero-order valence-corrected chi connectivity index (χ0v) is 11.3. The van der Waals surface area contributed by atoms with Crippen LogP contribution >= 0.6 is 0 Å². The number of hydrogen-bond acceptors (Lipinski definition) is 2. The van der Waals surface area contributed by atoms with E-state index in [-0.39, 0.29) is 18.9 Å². The Morgan fingerprint density at radius 3 is 2.62 bits per heavy atom. The predicted molar refractivity (Wildman–Crippen MR) is 68.9 cm³/mol. The van der Waals surface area contributed by atoms with E-state index in [2.05, 4.69) is 10.6 Å². The van der Waals surface area contributed by atoms with Gasteiger partial charge < -0.3 is 10.6 Å². The Morgan fingerprint density at radius 2 is 2.00 bits per heavy atom. The molecule has 3 nitrogen and oxygen atoms in total. The zero-order valence-electron chi connectivity index (χ0n) is 11.3. The van der Waals surface area contributed by atoms with Crippen molar-refractivity contribution in [1.82, 2.24) is 10.6 Å². The fraction of sp³-hybridized carbons (Fsp3) is 0.500. The molecular formula is C14H16F4N2O. The molecule has 1 saturated carbocycles. The molecule has 0 saturated heterocycles. The van der Waals surface area contributed by atoms with E-state index in [1.165, 1.54) is 6.07 Å². The lowest BCUT2D eigenvalue weighted by Gasteiger charge is -2.11. The van der Waals surface area contributed by atoms with Gasteiger partial charge in [-0.15, -0.1) is 0 Å². The summed E-state index contributed by atoms with van der Waals surface area (Å²) in [7, 11) is 0. The molecule has 0 heterocycles. The van der Waals surface area contributed by atoms with Crippen molar-refractivity contribution in [2.75, 3.05) is 6.54 Å². The molecule has 1 fully saturated rings. The Morgan fingerprint density at radius 1 is 1.29 bits per heavy atom. The average molecular weight is 304 g/mol. The highest BCUT2D eigenvalue weighted by molar-refractivity contribution is 5.76. The van der Waals surface area contributed by atoms with E-state index in [1.54, 1.807) is 0 Å².